The summed E-state index contributed by atoms with van der Waals surface area (Å²) in [6.07, 6.45) is 3.41. The number of hydrogen-bond donors (Lipinski definition) is 2. The number of ether oxygens (including phenoxy) is 1. The van der Waals surface area contributed by atoms with E-state index in [-0.39, 0.29) is 23.7 Å². The van der Waals surface area contributed by atoms with Crippen LogP contribution in [0.1, 0.15) is 31.2 Å². The van der Waals surface area contributed by atoms with Crippen LogP contribution in [-0.4, -0.2) is 28.8 Å². The molecule has 0 radical (unpaired) electrons. The molecule has 0 atom stereocenters. The zero-order valence-electron chi connectivity index (χ0n) is 19.7. The molecule has 1 saturated carbocycles. The SMILES string of the molecule is Cn1ccc(-c2ccc(N(C(=O)NCc3ccccc3)[C@H]3CC[C@H](OC(N)=O)CC3)cc2)cc1=O. The summed E-state index contributed by atoms with van der Waals surface area (Å²) < 4.78 is 6.69. The monoisotopic (exact) mass is 474 g/mol. The van der Waals surface area contributed by atoms with E-state index in [0.717, 1.165) is 22.4 Å². The Morgan fingerprint density at radius 2 is 1.69 bits per heavy atom. The number of benzene rings is 2. The summed E-state index contributed by atoms with van der Waals surface area (Å²) in [7, 11) is 1.71. The van der Waals surface area contributed by atoms with E-state index in [9.17, 15) is 14.4 Å². The molecule has 0 bridgehead atoms. The predicted molar refractivity (Wildman–Crippen MR) is 135 cm³/mol. The molecule has 1 aromatic heterocycles. The van der Waals surface area contributed by atoms with Crippen molar-refractivity contribution in [3.63, 3.8) is 0 Å². The van der Waals surface area contributed by atoms with Crippen LogP contribution in [0.5, 0.6) is 0 Å². The molecule has 3 amide bonds. The summed E-state index contributed by atoms with van der Waals surface area (Å²) in [6.45, 7) is 0.418. The second-order valence-electron chi connectivity index (χ2n) is 8.79. The van der Waals surface area contributed by atoms with Gasteiger partial charge in [0, 0.05) is 37.6 Å². The first kappa shape index (κ1) is 24.1. The molecule has 2 aromatic carbocycles. The van der Waals surface area contributed by atoms with Gasteiger partial charge >= 0.3 is 12.1 Å². The van der Waals surface area contributed by atoms with Gasteiger partial charge in [-0.1, -0.05) is 42.5 Å². The summed E-state index contributed by atoms with van der Waals surface area (Å²) in [5.74, 6) is 0. The number of hydrogen-bond acceptors (Lipinski definition) is 4. The Kier molecular flexibility index (Phi) is 7.50. The Balaban J connectivity index is 1.54. The highest BCUT2D eigenvalue weighted by Gasteiger charge is 2.31. The van der Waals surface area contributed by atoms with E-state index in [0.29, 0.717) is 32.2 Å². The van der Waals surface area contributed by atoms with E-state index >= 15 is 0 Å². The van der Waals surface area contributed by atoms with Gasteiger partial charge in [-0.15, -0.1) is 0 Å². The Morgan fingerprint density at radius 1 is 1.00 bits per heavy atom. The third kappa shape index (κ3) is 6.09. The van der Waals surface area contributed by atoms with Gasteiger partial charge in [0.2, 0.25) is 0 Å². The topological polar surface area (TPSA) is 107 Å². The number of pyridine rings is 1. The van der Waals surface area contributed by atoms with Crippen molar-refractivity contribution < 1.29 is 14.3 Å². The first-order valence-corrected chi connectivity index (χ1v) is 11.7. The molecule has 8 heteroatoms. The number of rotatable bonds is 6. The second kappa shape index (κ2) is 10.9. The average Bonchev–Trinajstić information content (AvgIpc) is 2.86. The highest BCUT2D eigenvalue weighted by Crippen LogP contribution is 2.30. The Bertz CT molecular complexity index is 1220. The number of carbonyl (C=O) groups excluding carboxylic acids is 2. The van der Waals surface area contributed by atoms with E-state index in [1.807, 2.05) is 60.7 Å². The van der Waals surface area contributed by atoms with Crippen LogP contribution in [-0.2, 0) is 18.3 Å². The molecule has 1 aliphatic carbocycles. The molecule has 0 saturated heterocycles. The largest absolute Gasteiger partial charge is 0.446 e. The lowest BCUT2D eigenvalue weighted by Gasteiger charge is -2.36. The van der Waals surface area contributed by atoms with E-state index in [4.69, 9.17) is 10.5 Å². The van der Waals surface area contributed by atoms with Crippen LogP contribution in [0.25, 0.3) is 11.1 Å². The normalized spacial score (nSPS) is 17.4. The Morgan fingerprint density at radius 3 is 2.31 bits per heavy atom. The number of amides is 3. The van der Waals surface area contributed by atoms with Crippen molar-refractivity contribution in [1.29, 1.82) is 0 Å². The van der Waals surface area contributed by atoms with Gasteiger partial charge in [0.05, 0.1) is 0 Å². The lowest BCUT2D eigenvalue weighted by molar-refractivity contribution is 0.0787. The van der Waals surface area contributed by atoms with Crippen molar-refractivity contribution in [2.45, 2.75) is 44.4 Å². The fraction of sp³-hybridized carbons (Fsp3) is 0.296. The first-order chi connectivity index (χ1) is 16.9. The average molecular weight is 475 g/mol. The van der Waals surface area contributed by atoms with Gasteiger partial charge in [-0.3, -0.25) is 9.69 Å². The van der Waals surface area contributed by atoms with Crippen molar-refractivity contribution >= 4 is 17.8 Å². The minimum absolute atomic E-state index is 0.0478. The van der Waals surface area contributed by atoms with Crippen LogP contribution in [0.4, 0.5) is 15.3 Å². The lowest BCUT2D eigenvalue weighted by atomic mass is 9.91. The Labute approximate surface area is 204 Å². The van der Waals surface area contributed by atoms with Gasteiger partial charge in [-0.25, -0.2) is 9.59 Å². The van der Waals surface area contributed by atoms with Crippen LogP contribution in [0, 0.1) is 0 Å². The van der Waals surface area contributed by atoms with Crippen molar-refractivity contribution in [3.05, 3.63) is 88.8 Å². The third-order valence-electron chi connectivity index (χ3n) is 6.38. The molecule has 0 aliphatic heterocycles. The number of primary amides is 1. The molecule has 1 aliphatic rings. The molecule has 3 N–H and O–H groups in total. The first-order valence-electron chi connectivity index (χ1n) is 11.7. The minimum Gasteiger partial charge on any atom is -0.446 e. The van der Waals surface area contributed by atoms with Crippen LogP contribution < -0.4 is 21.5 Å². The number of aromatic nitrogens is 1. The van der Waals surface area contributed by atoms with Crippen LogP contribution >= 0.6 is 0 Å². The van der Waals surface area contributed by atoms with Gasteiger partial charge < -0.3 is 20.4 Å². The molecular formula is C27H30N4O4. The molecule has 1 heterocycles. The van der Waals surface area contributed by atoms with Crippen LogP contribution in [0.2, 0.25) is 0 Å². The molecule has 4 rings (SSSR count). The predicted octanol–water partition coefficient (Wildman–Crippen LogP) is 4.18. The summed E-state index contributed by atoms with van der Waals surface area (Å²) in [5, 5.41) is 3.04. The highest BCUT2D eigenvalue weighted by molar-refractivity contribution is 5.93. The number of nitrogens with two attached hydrogens (primary N) is 1. The second-order valence-corrected chi connectivity index (χ2v) is 8.79. The summed E-state index contributed by atoms with van der Waals surface area (Å²) in [6, 6.07) is 20.7. The number of nitrogens with one attached hydrogen (secondary N) is 1. The van der Waals surface area contributed by atoms with Gasteiger partial charge in [0.15, 0.2) is 0 Å². The van der Waals surface area contributed by atoms with Gasteiger partial charge in [-0.05, 0) is 60.6 Å². The zero-order valence-corrected chi connectivity index (χ0v) is 19.7. The van der Waals surface area contributed by atoms with Gasteiger partial charge in [0.25, 0.3) is 5.56 Å². The van der Waals surface area contributed by atoms with E-state index in [1.54, 1.807) is 24.2 Å². The van der Waals surface area contributed by atoms with Crippen molar-refractivity contribution in [3.8, 4) is 11.1 Å². The van der Waals surface area contributed by atoms with Crippen LogP contribution in [0.15, 0.2) is 77.7 Å². The molecule has 182 valence electrons. The van der Waals surface area contributed by atoms with Gasteiger partial charge in [0.1, 0.15) is 6.10 Å². The summed E-state index contributed by atoms with van der Waals surface area (Å²) >= 11 is 0. The third-order valence-corrected chi connectivity index (χ3v) is 6.38. The Hall–Kier alpha value is -4.07. The summed E-state index contributed by atoms with van der Waals surface area (Å²) in [5.41, 5.74) is 8.60. The molecule has 1 fully saturated rings. The minimum atomic E-state index is -0.766. The van der Waals surface area contributed by atoms with Crippen molar-refractivity contribution in [2.24, 2.45) is 12.8 Å². The standard InChI is InChI=1S/C27H30N4O4/c1-30-16-15-21(17-25(30)32)20-7-9-22(10-8-20)31(23-11-13-24(14-12-23)35-26(28)33)27(34)29-18-19-5-3-2-4-6-19/h2-10,15-17,23-24H,11-14,18H2,1H3,(H2,28,33)(H,29,34)/t23-,24-. The maximum absolute atomic E-state index is 13.4. The maximum Gasteiger partial charge on any atom is 0.404 e. The van der Waals surface area contributed by atoms with Gasteiger partial charge in [-0.2, -0.15) is 0 Å². The number of carbonyl (C=O) groups is 2. The molecule has 8 nitrogen and oxygen atoms in total. The molecule has 35 heavy (non-hydrogen) atoms. The van der Waals surface area contributed by atoms with E-state index in [1.165, 1.54) is 4.57 Å². The number of nitrogens with zero attached hydrogens (tertiary/aromatic N) is 2. The van der Waals surface area contributed by atoms with Crippen molar-refractivity contribution in [2.75, 3.05) is 4.90 Å². The molecule has 0 spiro atoms. The fourth-order valence-corrected chi connectivity index (χ4v) is 4.48. The molecule has 0 unspecified atom stereocenters. The number of anilines is 1. The molecular weight excluding hydrogens is 444 g/mol. The lowest BCUT2D eigenvalue weighted by Crippen LogP contribution is -2.48. The quantitative estimate of drug-likeness (QED) is 0.559. The fourth-order valence-electron chi connectivity index (χ4n) is 4.48. The highest BCUT2D eigenvalue weighted by atomic mass is 16.6. The smallest absolute Gasteiger partial charge is 0.404 e. The number of aryl methyl sites for hydroxylation is 1. The number of urea groups is 1. The zero-order chi connectivity index (χ0) is 24.8. The van der Waals surface area contributed by atoms with E-state index in [2.05, 4.69) is 5.32 Å². The van der Waals surface area contributed by atoms with Crippen molar-refractivity contribution in [1.82, 2.24) is 9.88 Å². The molecule has 3 aromatic rings. The summed E-state index contributed by atoms with van der Waals surface area (Å²) in [4.78, 5) is 38.3. The van der Waals surface area contributed by atoms with E-state index < -0.39 is 6.09 Å². The maximum atomic E-state index is 13.4. The van der Waals surface area contributed by atoms with Crippen LogP contribution in [0.3, 0.4) is 0 Å².